The van der Waals surface area contributed by atoms with E-state index in [2.05, 4.69) is 10.1 Å². The average Bonchev–Trinajstić information content (AvgIpc) is 2.60. The first-order valence-electron chi connectivity index (χ1n) is 7.90. The van der Waals surface area contributed by atoms with E-state index in [1.165, 1.54) is 7.11 Å². The van der Waals surface area contributed by atoms with Crippen LogP contribution in [-0.2, 0) is 25.5 Å². The Kier molecular flexibility index (Phi) is 8.74. The SMILES string of the molecule is COC(=O)CCc1ccc(NC(=O)C(N)C2CCOCC2)cc1.Cl. The Morgan fingerprint density at radius 3 is 2.50 bits per heavy atom. The molecule has 1 unspecified atom stereocenters. The minimum absolute atomic E-state index is 0. The van der Waals surface area contributed by atoms with E-state index >= 15 is 0 Å². The van der Waals surface area contributed by atoms with Crippen LogP contribution < -0.4 is 11.1 Å². The Morgan fingerprint density at radius 2 is 1.92 bits per heavy atom. The van der Waals surface area contributed by atoms with Crippen molar-refractivity contribution < 1.29 is 19.1 Å². The van der Waals surface area contributed by atoms with Gasteiger partial charge in [-0.1, -0.05) is 12.1 Å². The van der Waals surface area contributed by atoms with E-state index in [0.717, 1.165) is 18.4 Å². The molecule has 24 heavy (non-hydrogen) atoms. The molecule has 0 aromatic heterocycles. The van der Waals surface area contributed by atoms with Gasteiger partial charge in [-0.3, -0.25) is 9.59 Å². The molecule has 2 rings (SSSR count). The number of halogens is 1. The topological polar surface area (TPSA) is 90.7 Å². The molecule has 0 bridgehead atoms. The highest BCUT2D eigenvalue weighted by molar-refractivity contribution is 5.94. The number of carbonyl (C=O) groups excluding carboxylic acids is 2. The van der Waals surface area contributed by atoms with Crippen LogP contribution in [0.2, 0.25) is 0 Å². The number of hydrogen-bond acceptors (Lipinski definition) is 5. The molecule has 3 N–H and O–H groups in total. The van der Waals surface area contributed by atoms with Crippen molar-refractivity contribution >= 4 is 30.0 Å². The highest BCUT2D eigenvalue weighted by atomic mass is 35.5. The lowest BCUT2D eigenvalue weighted by Crippen LogP contribution is -2.43. The average molecular weight is 357 g/mol. The molecule has 0 radical (unpaired) electrons. The number of amides is 1. The number of benzene rings is 1. The van der Waals surface area contributed by atoms with Crippen molar-refractivity contribution in [3.63, 3.8) is 0 Å². The van der Waals surface area contributed by atoms with Gasteiger partial charge < -0.3 is 20.5 Å². The zero-order chi connectivity index (χ0) is 16.7. The van der Waals surface area contributed by atoms with Crippen LogP contribution in [0.4, 0.5) is 5.69 Å². The largest absolute Gasteiger partial charge is 0.469 e. The Hall–Kier alpha value is -1.63. The molecule has 1 saturated heterocycles. The number of rotatable bonds is 6. The molecular formula is C17H25ClN2O4. The van der Waals surface area contributed by atoms with Gasteiger partial charge in [-0.2, -0.15) is 0 Å². The number of ether oxygens (including phenoxy) is 2. The Bertz CT molecular complexity index is 530. The third-order valence-corrected chi connectivity index (χ3v) is 4.14. The van der Waals surface area contributed by atoms with Gasteiger partial charge in [0.05, 0.1) is 13.2 Å². The standard InChI is InChI=1S/C17H24N2O4.ClH/c1-22-15(20)7-4-12-2-5-14(6-3-12)19-17(21)16(18)13-8-10-23-11-9-13;/h2-3,5-6,13,16H,4,7-11,18H2,1H3,(H,19,21);1H. The van der Waals surface area contributed by atoms with E-state index in [1.807, 2.05) is 24.3 Å². The van der Waals surface area contributed by atoms with Gasteiger partial charge in [0.15, 0.2) is 0 Å². The molecular weight excluding hydrogens is 332 g/mol. The van der Waals surface area contributed by atoms with Gasteiger partial charge in [-0.15, -0.1) is 12.4 Å². The molecule has 1 atom stereocenters. The fourth-order valence-electron chi connectivity index (χ4n) is 2.62. The van der Waals surface area contributed by atoms with Gasteiger partial charge in [-0.05, 0) is 42.9 Å². The Labute approximate surface area is 148 Å². The van der Waals surface area contributed by atoms with E-state index in [9.17, 15) is 9.59 Å². The highest BCUT2D eigenvalue weighted by Crippen LogP contribution is 2.19. The number of aryl methyl sites for hydroxylation is 1. The quantitative estimate of drug-likeness (QED) is 0.760. The maximum atomic E-state index is 12.2. The molecule has 1 aromatic rings. The van der Waals surface area contributed by atoms with Crippen LogP contribution >= 0.6 is 12.4 Å². The van der Waals surface area contributed by atoms with E-state index in [-0.39, 0.29) is 30.2 Å². The predicted octanol–water partition coefficient (Wildman–Crippen LogP) is 1.91. The summed E-state index contributed by atoms with van der Waals surface area (Å²) < 4.78 is 9.90. The maximum Gasteiger partial charge on any atom is 0.305 e. The number of methoxy groups -OCH3 is 1. The molecule has 1 amide bonds. The molecule has 6 nitrogen and oxygen atoms in total. The molecule has 1 fully saturated rings. The minimum Gasteiger partial charge on any atom is -0.469 e. The van der Waals surface area contributed by atoms with Crippen molar-refractivity contribution in [2.24, 2.45) is 11.7 Å². The second-order valence-electron chi connectivity index (χ2n) is 5.74. The van der Waals surface area contributed by atoms with Crippen LogP contribution in [0.25, 0.3) is 0 Å². The van der Waals surface area contributed by atoms with Crippen molar-refractivity contribution in [2.75, 3.05) is 25.6 Å². The van der Waals surface area contributed by atoms with Gasteiger partial charge in [0, 0.05) is 25.3 Å². The van der Waals surface area contributed by atoms with Gasteiger partial charge in [0.25, 0.3) is 0 Å². The van der Waals surface area contributed by atoms with Crippen molar-refractivity contribution in [3.05, 3.63) is 29.8 Å². The molecule has 1 aromatic carbocycles. The summed E-state index contributed by atoms with van der Waals surface area (Å²) in [5.41, 5.74) is 7.77. The van der Waals surface area contributed by atoms with Crippen LogP contribution in [0.5, 0.6) is 0 Å². The first kappa shape index (κ1) is 20.4. The molecule has 1 aliphatic heterocycles. The summed E-state index contributed by atoms with van der Waals surface area (Å²) in [7, 11) is 1.38. The number of hydrogen-bond donors (Lipinski definition) is 2. The Balaban J connectivity index is 0.00000288. The second-order valence-corrected chi connectivity index (χ2v) is 5.74. The van der Waals surface area contributed by atoms with Gasteiger partial charge in [0.1, 0.15) is 0 Å². The Morgan fingerprint density at radius 1 is 1.29 bits per heavy atom. The fourth-order valence-corrected chi connectivity index (χ4v) is 2.62. The fraction of sp³-hybridized carbons (Fsp3) is 0.529. The predicted molar refractivity (Wildman–Crippen MR) is 94.2 cm³/mol. The number of anilines is 1. The lowest BCUT2D eigenvalue weighted by Gasteiger charge is -2.26. The number of nitrogens with one attached hydrogen (secondary N) is 1. The normalized spacial score (nSPS) is 15.9. The summed E-state index contributed by atoms with van der Waals surface area (Å²) in [6.07, 6.45) is 2.60. The van der Waals surface area contributed by atoms with Crippen LogP contribution in [0.3, 0.4) is 0 Å². The van der Waals surface area contributed by atoms with Crippen molar-refractivity contribution in [1.29, 1.82) is 0 Å². The van der Waals surface area contributed by atoms with Gasteiger partial charge in [0.2, 0.25) is 5.91 Å². The summed E-state index contributed by atoms with van der Waals surface area (Å²) in [6.45, 7) is 1.33. The molecule has 7 heteroatoms. The lowest BCUT2D eigenvalue weighted by molar-refractivity contribution is -0.140. The van der Waals surface area contributed by atoms with E-state index in [4.69, 9.17) is 10.5 Å². The third-order valence-electron chi connectivity index (χ3n) is 4.14. The number of carbonyl (C=O) groups is 2. The van der Waals surface area contributed by atoms with Crippen LogP contribution in [-0.4, -0.2) is 38.2 Å². The maximum absolute atomic E-state index is 12.2. The summed E-state index contributed by atoms with van der Waals surface area (Å²) in [5, 5.41) is 2.85. The number of esters is 1. The molecule has 0 aliphatic carbocycles. The van der Waals surface area contributed by atoms with E-state index < -0.39 is 6.04 Å². The summed E-state index contributed by atoms with van der Waals surface area (Å²) in [6, 6.07) is 6.90. The molecule has 1 heterocycles. The van der Waals surface area contributed by atoms with E-state index in [1.54, 1.807) is 0 Å². The first-order chi connectivity index (χ1) is 11.1. The molecule has 0 saturated carbocycles. The first-order valence-corrected chi connectivity index (χ1v) is 7.90. The monoisotopic (exact) mass is 356 g/mol. The van der Waals surface area contributed by atoms with Crippen molar-refractivity contribution in [3.8, 4) is 0 Å². The lowest BCUT2D eigenvalue weighted by atomic mass is 9.92. The van der Waals surface area contributed by atoms with Crippen LogP contribution in [0.1, 0.15) is 24.8 Å². The minimum atomic E-state index is -0.516. The second kappa shape index (κ2) is 10.3. The van der Waals surface area contributed by atoms with Gasteiger partial charge in [-0.25, -0.2) is 0 Å². The molecule has 1 aliphatic rings. The summed E-state index contributed by atoms with van der Waals surface area (Å²) in [5.74, 6) is -0.230. The zero-order valence-corrected chi connectivity index (χ0v) is 14.6. The number of nitrogens with two attached hydrogens (primary N) is 1. The van der Waals surface area contributed by atoms with Crippen LogP contribution in [0, 0.1) is 5.92 Å². The van der Waals surface area contributed by atoms with Gasteiger partial charge >= 0.3 is 5.97 Å². The summed E-state index contributed by atoms with van der Waals surface area (Å²) in [4.78, 5) is 23.3. The van der Waals surface area contributed by atoms with Crippen LogP contribution in [0.15, 0.2) is 24.3 Å². The van der Waals surface area contributed by atoms with Crippen molar-refractivity contribution in [1.82, 2.24) is 0 Å². The third kappa shape index (κ3) is 6.11. The van der Waals surface area contributed by atoms with E-state index in [0.29, 0.717) is 31.7 Å². The summed E-state index contributed by atoms with van der Waals surface area (Å²) >= 11 is 0. The van der Waals surface area contributed by atoms with Crippen molar-refractivity contribution in [2.45, 2.75) is 31.7 Å². The highest BCUT2D eigenvalue weighted by Gasteiger charge is 2.26. The smallest absolute Gasteiger partial charge is 0.305 e. The molecule has 0 spiro atoms. The molecule has 134 valence electrons. The zero-order valence-electron chi connectivity index (χ0n) is 13.8.